The molecule has 1 aromatic carbocycles. The fraction of sp³-hybridized carbons (Fsp3) is 0.350. The summed E-state index contributed by atoms with van der Waals surface area (Å²) in [6.07, 6.45) is 1.54. The number of amides is 1. The third-order valence-electron chi connectivity index (χ3n) is 5.20. The second-order valence-corrected chi connectivity index (χ2v) is 6.93. The van der Waals surface area contributed by atoms with Crippen molar-refractivity contribution in [3.05, 3.63) is 63.8 Å². The summed E-state index contributed by atoms with van der Waals surface area (Å²) in [5, 5.41) is 0. The molecule has 0 saturated carbocycles. The van der Waals surface area contributed by atoms with Gasteiger partial charge >= 0.3 is 5.69 Å². The van der Waals surface area contributed by atoms with Crippen LogP contribution in [0.4, 0.5) is 0 Å². The van der Waals surface area contributed by atoms with E-state index < -0.39 is 0 Å². The zero-order valence-electron chi connectivity index (χ0n) is 15.0. The van der Waals surface area contributed by atoms with E-state index >= 15 is 0 Å². The number of nitrogens with one attached hydrogen (secondary N) is 1. The molecule has 3 heterocycles. The maximum Gasteiger partial charge on any atom is 0.326 e. The summed E-state index contributed by atoms with van der Waals surface area (Å²) in [4.78, 5) is 34.4. The Bertz CT molecular complexity index is 1030. The third-order valence-corrected chi connectivity index (χ3v) is 5.20. The molecular formula is C20H22N4O2. The maximum atomic E-state index is 12.8. The summed E-state index contributed by atoms with van der Waals surface area (Å²) < 4.78 is 1.84. The molecule has 6 nitrogen and oxygen atoms in total. The van der Waals surface area contributed by atoms with Gasteiger partial charge in [0.1, 0.15) is 0 Å². The lowest BCUT2D eigenvalue weighted by atomic mass is 10.0. The van der Waals surface area contributed by atoms with Crippen molar-refractivity contribution in [1.29, 1.82) is 0 Å². The zero-order chi connectivity index (χ0) is 18.3. The van der Waals surface area contributed by atoms with Gasteiger partial charge in [0.05, 0.1) is 22.3 Å². The Labute approximate surface area is 151 Å². The predicted molar refractivity (Wildman–Crippen MR) is 100 cm³/mol. The molecule has 1 fully saturated rings. The number of hydrogen-bond acceptors (Lipinski definition) is 3. The Morgan fingerprint density at radius 3 is 2.58 bits per heavy atom. The standard InChI is InChI=1S/C20H22N4O2/c1-13-7-8-16(14(2)21-13)19(25)23-11-9-15(10-12-23)24-18-6-4-3-5-17(18)22-20(24)26/h3-8,15H,9-12H2,1-2H3,(H,22,26). The molecule has 1 N–H and O–H groups in total. The average Bonchev–Trinajstić information content (AvgIpc) is 2.97. The molecule has 1 amide bonds. The summed E-state index contributed by atoms with van der Waals surface area (Å²) in [6.45, 7) is 5.08. The normalized spacial score (nSPS) is 15.5. The summed E-state index contributed by atoms with van der Waals surface area (Å²) >= 11 is 0. The van der Waals surface area contributed by atoms with Crippen LogP contribution in [0.5, 0.6) is 0 Å². The number of aromatic nitrogens is 3. The molecule has 1 aliphatic rings. The van der Waals surface area contributed by atoms with Crippen molar-refractivity contribution in [1.82, 2.24) is 19.4 Å². The van der Waals surface area contributed by atoms with Crippen LogP contribution in [0.15, 0.2) is 41.2 Å². The number of benzene rings is 1. The highest BCUT2D eigenvalue weighted by atomic mass is 16.2. The van der Waals surface area contributed by atoms with E-state index in [1.807, 2.05) is 59.7 Å². The van der Waals surface area contributed by atoms with Crippen LogP contribution >= 0.6 is 0 Å². The zero-order valence-corrected chi connectivity index (χ0v) is 15.0. The number of nitrogens with zero attached hydrogens (tertiary/aromatic N) is 3. The van der Waals surface area contributed by atoms with E-state index in [0.29, 0.717) is 18.7 Å². The monoisotopic (exact) mass is 350 g/mol. The Morgan fingerprint density at radius 1 is 1.12 bits per heavy atom. The maximum absolute atomic E-state index is 12.8. The average molecular weight is 350 g/mol. The molecule has 1 aliphatic heterocycles. The van der Waals surface area contributed by atoms with Gasteiger partial charge in [-0.1, -0.05) is 12.1 Å². The Kier molecular flexibility index (Phi) is 4.11. The number of imidazole rings is 1. The number of rotatable bonds is 2. The number of aromatic amines is 1. The number of hydrogen-bond donors (Lipinski definition) is 1. The van der Waals surface area contributed by atoms with Crippen molar-refractivity contribution in [3.8, 4) is 0 Å². The van der Waals surface area contributed by atoms with Gasteiger partial charge in [0.2, 0.25) is 0 Å². The predicted octanol–water partition coefficient (Wildman–Crippen LogP) is 2.82. The minimum atomic E-state index is -0.0745. The van der Waals surface area contributed by atoms with Crippen LogP contribution in [0.2, 0.25) is 0 Å². The van der Waals surface area contributed by atoms with Gasteiger partial charge in [0.25, 0.3) is 5.91 Å². The van der Waals surface area contributed by atoms with E-state index in [9.17, 15) is 9.59 Å². The highest BCUT2D eigenvalue weighted by Gasteiger charge is 2.27. The fourth-order valence-electron chi connectivity index (χ4n) is 3.85. The molecule has 3 aromatic rings. The van der Waals surface area contributed by atoms with Crippen molar-refractivity contribution in [2.75, 3.05) is 13.1 Å². The summed E-state index contributed by atoms with van der Waals surface area (Å²) in [6, 6.07) is 11.6. The van der Waals surface area contributed by atoms with Gasteiger partial charge in [-0.25, -0.2) is 4.79 Å². The van der Waals surface area contributed by atoms with E-state index in [2.05, 4.69) is 9.97 Å². The lowest BCUT2D eigenvalue weighted by Crippen LogP contribution is -2.40. The molecule has 134 valence electrons. The van der Waals surface area contributed by atoms with Crippen molar-refractivity contribution >= 4 is 16.9 Å². The van der Waals surface area contributed by atoms with Crippen molar-refractivity contribution in [2.45, 2.75) is 32.7 Å². The Morgan fingerprint density at radius 2 is 1.85 bits per heavy atom. The molecule has 0 atom stereocenters. The smallest absolute Gasteiger partial charge is 0.326 e. The number of para-hydroxylation sites is 2. The number of carbonyl (C=O) groups is 1. The molecule has 6 heteroatoms. The molecule has 0 aliphatic carbocycles. The SMILES string of the molecule is Cc1ccc(C(=O)N2CCC(n3c(=O)[nH]c4ccccc43)CC2)c(C)n1. The minimum Gasteiger partial charge on any atom is -0.338 e. The van der Waals surface area contributed by atoms with Crippen LogP contribution in [0.3, 0.4) is 0 Å². The van der Waals surface area contributed by atoms with Gasteiger partial charge in [-0.05, 0) is 51.0 Å². The first kappa shape index (κ1) is 16.6. The Hall–Kier alpha value is -2.89. The molecular weight excluding hydrogens is 328 g/mol. The van der Waals surface area contributed by atoms with Crippen LogP contribution in [0.25, 0.3) is 11.0 Å². The topological polar surface area (TPSA) is 71.0 Å². The van der Waals surface area contributed by atoms with Crippen molar-refractivity contribution in [2.24, 2.45) is 0 Å². The highest BCUT2D eigenvalue weighted by Crippen LogP contribution is 2.26. The van der Waals surface area contributed by atoms with Gasteiger partial charge in [0, 0.05) is 24.8 Å². The molecule has 0 bridgehead atoms. The van der Waals surface area contributed by atoms with Crippen LogP contribution < -0.4 is 5.69 Å². The number of likely N-dealkylation sites (tertiary alicyclic amines) is 1. The van der Waals surface area contributed by atoms with E-state index in [1.165, 1.54) is 0 Å². The first-order chi connectivity index (χ1) is 12.5. The number of carbonyl (C=O) groups excluding carboxylic acids is 1. The van der Waals surface area contributed by atoms with Crippen molar-refractivity contribution in [3.63, 3.8) is 0 Å². The highest BCUT2D eigenvalue weighted by molar-refractivity contribution is 5.95. The molecule has 4 rings (SSSR count). The summed E-state index contributed by atoms with van der Waals surface area (Å²) in [5.41, 5.74) is 4.06. The van der Waals surface area contributed by atoms with E-state index in [0.717, 1.165) is 35.3 Å². The number of H-pyrrole nitrogens is 1. The second kappa shape index (κ2) is 6.44. The third kappa shape index (κ3) is 2.81. The molecule has 26 heavy (non-hydrogen) atoms. The van der Waals surface area contributed by atoms with Gasteiger partial charge in [0.15, 0.2) is 0 Å². The van der Waals surface area contributed by atoms with E-state index in [-0.39, 0.29) is 17.6 Å². The lowest BCUT2D eigenvalue weighted by molar-refractivity contribution is 0.0693. The first-order valence-corrected chi connectivity index (χ1v) is 8.97. The van der Waals surface area contributed by atoms with Crippen LogP contribution in [-0.4, -0.2) is 38.4 Å². The minimum absolute atomic E-state index is 0.0275. The fourth-order valence-corrected chi connectivity index (χ4v) is 3.85. The van der Waals surface area contributed by atoms with Crippen LogP contribution in [0.1, 0.15) is 40.6 Å². The largest absolute Gasteiger partial charge is 0.338 e. The molecule has 2 aromatic heterocycles. The molecule has 1 saturated heterocycles. The van der Waals surface area contributed by atoms with E-state index in [1.54, 1.807) is 0 Å². The number of pyridine rings is 1. The lowest BCUT2D eigenvalue weighted by Gasteiger charge is -2.32. The van der Waals surface area contributed by atoms with Gasteiger partial charge in [-0.3, -0.25) is 14.3 Å². The van der Waals surface area contributed by atoms with Crippen LogP contribution in [-0.2, 0) is 0 Å². The van der Waals surface area contributed by atoms with E-state index in [4.69, 9.17) is 0 Å². The first-order valence-electron chi connectivity index (χ1n) is 8.97. The summed E-state index contributed by atoms with van der Waals surface area (Å²) in [7, 11) is 0. The second-order valence-electron chi connectivity index (χ2n) is 6.93. The number of aryl methyl sites for hydroxylation is 2. The van der Waals surface area contributed by atoms with Gasteiger partial charge < -0.3 is 9.88 Å². The van der Waals surface area contributed by atoms with Crippen LogP contribution in [0, 0.1) is 13.8 Å². The molecule has 0 spiro atoms. The quantitative estimate of drug-likeness (QED) is 0.772. The molecule has 0 radical (unpaired) electrons. The Balaban J connectivity index is 1.53. The van der Waals surface area contributed by atoms with Gasteiger partial charge in [-0.15, -0.1) is 0 Å². The number of piperidine rings is 1. The number of fused-ring (bicyclic) bond motifs is 1. The summed E-state index contributed by atoms with van der Waals surface area (Å²) in [5.74, 6) is 0.0275. The molecule has 0 unspecified atom stereocenters. The van der Waals surface area contributed by atoms with Crippen molar-refractivity contribution < 1.29 is 4.79 Å². The van der Waals surface area contributed by atoms with Gasteiger partial charge in [-0.2, -0.15) is 0 Å².